The Hall–Kier alpha value is -1.84. The summed E-state index contributed by atoms with van der Waals surface area (Å²) < 4.78 is 0. The fourth-order valence-electron chi connectivity index (χ4n) is 1.78. The second kappa shape index (κ2) is 5.21. The predicted octanol–water partition coefficient (Wildman–Crippen LogP) is 2.31. The fourth-order valence-corrected chi connectivity index (χ4v) is 1.78. The van der Waals surface area contributed by atoms with Gasteiger partial charge in [0.25, 0.3) is 0 Å². The Morgan fingerprint density at radius 3 is 1.89 bits per heavy atom. The van der Waals surface area contributed by atoms with Crippen LogP contribution in [0, 0.1) is 5.92 Å². The maximum atomic E-state index is 11.1. The average molecular weight is 250 g/mol. The van der Waals surface area contributed by atoms with Crippen LogP contribution in [0.3, 0.4) is 0 Å². The second-order valence-electron chi connectivity index (χ2n) is 5.03. The van der Waals surface area contributed by atoms with Crippen LogP contribution in [0.25, 0.3) is 0 Å². The third kappa shape index (κ3) is 2.70. The smallest absolute Gasteiger partial charge is 0.325 e. The van der Waals surface area contributed by atoms with Crippen LogP contribution in [0.4, 0.5) is 0 Å². The minimum atomic E-state index is -1.89. The molecular weight excluding hydrogens is 232 g/mol. The van der Waals surface area contributed by atoms with Crippen molar-refractivity contribution in [3.63, 3.8) is 0 Å². The van der Waals surface area contributed by atoms with E-state index in [9.17, 15) is 9.59 Å². The number of carboxylic acids is 2. The van der Waals surface area contributed by atoms with Crippen LogP contribution in [0.15, 0.2) is 24.3 Å². The van der Waals surface area contributed by atoms with E-state index in [0.717, 1.165) is 12.0 Å². The fraction of sp³-hybridized carbons (Fsp3) is 0.429. The molecule has 1 aromatic rings. The van der Waals surface area contributed by atoms with Gasteiger partial charge in [0.05, 0.1) is 0 Å². The van der Waals surface area contributed by atoms with Crippen LogP contribution in [0.2, 0.25) is 0 Å². The molecule has 98 valence electrons. The van der Waals surface area contributed by atoms with Crippen molar-refractivity contribution in [2.45, 2.75) is 32.6 Å². The molecule has 0 aliphatic rings. The standard InChI is InChI=1S/C14H18O4/c1-9(2)8-10-4-6-11(7-5-10)14(3,12(15)16)13(17)18/h4-7,9H,8H2,1-3H3,(H,15,16)(H,17,18). The van der Waals surface area contributed by atoms with Crippen molar-refractivity contribution in [1.29, 1.82) is 0 Å². The Morgan fingerprint density at radius 1 is 1.11 bits per heavy atom. The number of rotatable bonds is 5. The summed E-state index contributed by atoms with van der Waals surface area (Å²) in [4.78, 5) is 22.3. The van der Waals surface area contributed by atoms with Crippen molar-refractivity contribution in [1.82, 2.24) is 0 Å². The molecule has 0 aromatic heterocycles. The summed E-state index contributed by atoms with van der Waals surface area (Å²) in [7, 11) is 0. The van der Waals surface area contributed by atoms with E-state index in [-0.39, 0.29) is 5.56 Å². The van der Waals surface area contributed by atoms with Crippen LogP contribution in [-0.2, 0) is 21.4 Å². The number of aliphatic carboxylic acids is 2. The average Bonchev–Trinajstić information content (AvgIpc) is 2.27. The van der Waals surface area contributed by atoms with Crippen molar-refractivity contribution in [2.24, 2.45) is 5.92 Å². The van der Waals surface area contributed by atoms with Gasteiger partial charge in [-0.2, -0.15) is 0 Å². The summed E-state index contributed by atoms with van der Waals surface area (Å²) in [6.45, 7) is 5.38. The van der Waals surface area contributed by atoms with Crippen LogP contribution < -0.4 is 0 Å². The van der Waals surface area contributed by atoms with Gasteiger partial charge in [0.1, 0.15) is 0 Å². The zero-order valence-electron chi connectivity index (χ0n) is 10.8. The molecule has 0 aliphatic carbocycles. The first kappa shape index (κ1) is 14.2. The molecule has 0 radical (unpaired) electrons. The minimum absolute atomic E-state index is 0.287. The number of carbonyl (C=O) groups is 2. The monoisotopic (exact) mass is 250 g/mol. The van der Waals surface area contributed by atoms with E-state index in [2.05, 4.69) is 13.8 Å². The molecule has 0 saturated heterocycles. The van der Waals surface area contributed by atoms with Crippen LogP contribution in [0.5, 0.6) is 0 Å². The molecule has 18 heavy (non-hydrogen) atoms. The van der Waals surface area contributed by atoms with Crippen molar-refractivity contribution >= 4 is 11.9 Å². The largest absolute Gasteiger partial charge is 0.480 e. The summed E-state index contributed by atoms with van der Waals surface area (Å²) >= 11 is 0. The molecule has 0 aliphatic heterocycles. The molecule has 0 atom stereocenters. The molecule has 0 bridgehead atoms. The summed E-state index contributed by atoms with van der Waals surface area (Å²) in [6, 6.07) is 6.75. The van der Waals surface area contributed by atoms with E-state index in [4.69, 9.17) is 10.2 Å². The quantitative estimate of drug-likeness (QED) is 0.786. The highest BCUT2D eigenvalue weighted by molar-refractivity contribution is 6.04. The Balaban J connectivity index is 3.10. The molecule has 0 fully saturated rings. The molecule has 0 spiro atoms. The lowest BCUT2D eigenvalue weighted by Gasteiger charge is -2.20. The Morgan fingerprint density at radius 2 is 1.56 bits per heavy atom. The Kier molecular flexibility index (Phi) is 4.11. The van der Waals surface area contributed by atoms with E-state index in [1.165, 1.54) is 6.92 Å². The van der Waals surface area contributed by atoms with E-state index in [1.807, 2.05) is 0 Å². The number of benzene rings is 1. The third-order valence-corrected chi connectivity index (χ3v) is 3.03. The van der Waals surface area contributed by atoms with E-state index >= 15 is 0 Å². The molecule has 0 unspecified atom stereocenters. The van der Waals surface area contributed by atoms with Gasteiger partial charge in [0.15, 0.2) is 5.41 Å². The maximum Gasteiger partial charge on any atom is 0.325 e. The van der Waals surface area contributed by atoms with Gasteiger partial charge >= 0.3 is 11.9 Å². The van der Waals surface area contributed by atoms with Crippen molar-refractivity contribution in [3.8, 4) is 0 Å². The second-order valence-corrected chi connectivity index (χ2v) is 5.03. The molecule has 4 nitrogen and oxygen atoms in total. The molecule has 2 N–H and O–H groups in total. The summed E-state index contributed by atoms with van der Waals surface area (Å²) in [6.07, 6.45) is 0.886. The minimum Gasteiger partial charge on any atom is -0.480 e. The van der Waals surface area contributed by atoms with Gasteiger partial charge in [-0.05, 0) is 30.4 Å². The third-order valence-electron chi connectivity index (χ3n) is 3.03. The van der Waals surface area contributed by atoms with Gasteiger partial charge in [0, 0.05) is 0 Å². The Labute approximate surface area is 106 Å². The number of carboxylic acid groups (broad SMARTS) is 2. The van der Waals surface area contributed by atoms with E-state index in [0.29, 0.717) is 5.92 Å². The SMILES string of the molecule is CC(C)Cc1ccc(C(C)(C(=O)O)C(=O)O)cc1. The van der Waals surface area contributed by atoms with Crippen LogP contribution >= 0.6 is 0 Å². The van der Waals surface area contributed by atoms with Gasteiger partial charge in [0.2, 0.25) is 0 Å². The highest BCUT2D eigenvalue weighted by Gasteiger charge is 2.43. The zero-order valence-corrected chi connectivity index (χ0v) is 10.8. The van der Waals surface area contributed by atoms with Gasteiger partial charge in [-0.25, -0.2) is 0 Å². The molecule has 1 aromatic carbocycles. The van der Waals surface area contributed by atoms with Crippen molar-refractivity contribution < 1.29 is 19.8 Å². The topological polar surface area (TPSA) is 74.6 Å². The molecule has 4 heteroatoms. The first-order chi connectivity index (χ1) is 8.28. The lowest BCUT2D eigenvalue weighted by molar-refractivity contribution is -0.156. The van der Waals surface area contributed by atoms with Gasteiger partial charge < -0.3 is 10.2 Å². The molecule has 1 rings (SSSR count). The highest BCUT2D eigenvalue weighted by Crippen LogP contribution is 2.25. The predicted molar refractivity (Wildman–Crippen MR) is 67.6 cm³/mol. The van der Waals surface area contributed by atoms with Gasteiger partial charge in [-0.3, -0.25) is 9.59 Å². The Bertz CT molecular complexity index is 431. The zero-order chi connectivity index (χ0) is 13.9. The van der Waals surface area contributed by atoms with E-state index in [1.54, 1.807) is 24.3 Å². The number of hydrogen-bond donors (Lipinski definition) is 2. The maximum absolute atomic E-state index is 11.1. The van der Waals surface area contributed by atoms with Crippen LogP contribution in [-0.4, -0.2) is 22.2 Å². The van der Waals surface area contributed by atoms with Gasteiger partial charge in [-0.1, -0.05) is 38.1 Å². The first-order valence-corrected chi connectivity index (χ1v) is 5.84. The molecular formula is C14H18O4. The van der Waals surface area contributed by atoms with Crippen molar-refractivity contribution in [3.05, 3.63) is 35.4 Å². The molecule has 0 amide bonds. The van der Waals surface area contributed by atoms with Gasteiger partial charge in [-0.15, -0.1) is 0 Å². The molecule has 0 saturated carbocycles. The highest BCUT2D eigenvalue weighted by atomic mass is 16.4. The first-order valence-electron chi connectivity index (χ1n) is 5.84. The summed E-state index contributed by atoms with van der Waals surface area (Å²) in [5.74, 6) is -2.21. The summed E-state index contributed by atoms with van der Waals surface area (Å²) in [5.41, 5.74) is -0.530. The van der Waals surface area contributed by atoms with E-state index < -0.39 is 17.4 Å². The molecule has 0 heterocycles. The normalized spacial score (nSPS) is 11.6. The lowest BCUT2D eigenvalue weighted by Crippen LogP contribution is -2.40. The van der Waals surface area contributed by atoms with Crippen LogP contribution in [0.1, 0.15) is 31.9 Å². The lowest BCUT2D eigenvalue weighted by atomic mass is 9.82. The van der Waals surface area contributed by atoms with Crippen molar-refractivity contribution in [2.75, 3.05) is 0 Å². The number of hydrogen-bond acceptors (Lipinski definition) is 2. The summed E-state index contributed by atoms with van der Waals surface area (Å²) in [5, 5.41) is 18.2.